The van der Waals surface area contributed by atoms with Gasteiger partial charge in [-0.15, -0.1) is 0 Å². The zero-order valence-electron chi connectivity index (χ0n) is 17.7. The highest BCUT2D eigenvalue weighted by Crippen LogP contribution is 2.24. The molecule has 0 saturated carbocycles. The number of anilines is 1. The standard InChI is InChI=1S/C24H25N3O4/c1-16(2)17-5-7-18(8-6-17)24-25-21(31-26-24)13-14-23(29)30-20-11-9-19(10-12-20)27-15-3-4-22(27)28/h5-12,16H,3-4,13-15H2,1-2H3. The van der Waals surface area contributed by atoms with Gasteiger partial charge in [0.2, 0.25) is 17.6 Å². The summed E-state index contributed by atoms with van der Waals surface area (Å²) in [6.07, 6.45) is 1.88. The van der Waals surface area contributed by atoms with E-state index >= 15 is 0 Å². The number of ether oxygens (including phenoxy) is 1. The van der Waals surface area contributed by atoms with Crippen LogP contribution in [0.1, 0.15) is 50.5 Å². The second-order valence-corrected chi connectivity index (χ2v) is 7.91. The lowest BCUT2D eigenvalue weighted by atomic mass is 10.0. The Kier molecular flexibility index (Phi) is 6.11. The molecule has 0 aliphatic carbocycles. The molecule has 0 bridgehead atoms. The van der Waals surface area contributed by atoms with Crippen LogP contribution in [0.2, 0.25) is 0 Å². The smallest absolute Gasteiger partial charge is 0.311 e. The number of amides is 1. The zero-order valence-corrected chi connectivity index (χ0v) is 17.7. The third-order valence-corrected chi connectivity index (χ3v) is 5.30. The van der Waals surface area contributed by atoms with E-state index in [1.807, 2.05) is 12.1 Å². The van der Waals surface area contributed by atoms with Gasteiger partial charge in [-0.2, -0.15) is 4.98 Å². The summed E-state index contributed by atoms with van der Waals surface area (Å²) in [7, 11) is 0. The van der Waals surface area contributed by atoms with Gasteiger partial charge in [-0.25, -0.2) is 0 Å². The molecule has 0 unspecified atom stereocenters. The lowest BCUT2D eigenvalue weighted by Gasteiger charge is -2.15. The minimum absolute atomic E-state index is 0.125. The molecule has 7 nitrogen and oxygen atoms in total. The van der Waals surface area contributed by atoms with Crippen molar-refractivity contribution in [2.45, 2.75) is 45.4 Å². The summed E-state index contributed by atoms with van der Waals surface area (Å²) < 4.78 is 10.6. The summed E-state index contributed by atoms with van der Waals surface area (Å²) in [6.45, 7) is 5.01. The molecular weight excluding hydrogens is 394 g/mol. The molecule has 160 valence electrons. The molecule has 0 atom stereocenters. The average molecular weight is 419 g/mol. The summed E-state index contributed by atoms with van der Waals surface area (Å²) in [5, 5.41) is 4.01. The van der Waals surface area contributed by atoms with Crippen LogP contribution in [0, 0.1) is 0 Å². The third kappa shape index (κ3) is 4.99. The maximum atomic E-state index is 12.2. The van der Waals surface area contributed by atoms with E-state index in [0.717, 1.165) is 24.2 Å². The number of benzene rings is 2. The van der Waals surface area contributed by atoms with Gasteiger partial charge in [0.15, 0.2) is 0 Å². The van der Waals surface area contributed by atoms with Crippen molar-refractivity contribution in [1.82, 2.24) is 10.1 Å². The van der Waals surface area contributed by atoms with Crippen LogP contribution in [-0.2, 0) is 16.0 Å². The van der Waals surface area contributed by atoms with Crippen LogP contribution in [0.3, 0.4) is 0 Å². The van der Waals surface area contributed by atoms with Crippen LogP contribution < -0.4 is 9.64 Å². The monoisotopic (exact) mass is 419 g/mol. The Bertz CT molecular complexity index is 1060. The number of hydrogen-bond donors (Lipinski definition) is 0. The van der Waals surface area contributed by atoms with Gasteiger partial charge in [0.05, 0.1) is 6.42 Å². The van der Waals surface area contributed by atoms with Crippen LogP contribution in [0.15, 0.2) is 53.1 Å². The molecule has 1 fully saturated rings. The highest BCUT2D eigenvalue weighted by Gasteiger charge is 2.21. The molecule has 1 aromatic heterocycles. The van der Waals surface area contributed by atoms with E-state index in [2.05, 4.69) is 36.1 Å². The number of carbonyl (C=O) groups is 2. The van der Waals surface area contributed by atoms with Crippen molar-refractivity contribution in [2.75, 3.05) is 11.4 Å². The lowest BCUT2D eigenvalue weighted by molar-refractivity contribution is -0.134. The average Bonchev–Trinajstić information content (AvgIpc) is 3.42. The maximum Gasteiger partial charge on any atom is 0.311 e. The highest BCUT2D eigenvalue weighted by molar-refractivity contribution is 5.95. The predicted octanol–water partition coefficient (Wildman–Crippen LogP) is 4.53. The normalized spacial score (nSPS) is 13.8. The first-order chi connectivity index (χ1) is 15.0. The van der Waals surface area contributed by atoms with Crippen LogP contribution in [0.4, 0.5) is 5.69 Å². The van der Waals surface area contributed by atoms with Crippen LogP contribution >= 0.6 is 0 Å². The second kappa shape index (κ2) is 9.12. The Morgan fingerprint density at radius 2 is 1.87 bits per heavy atom. The topological polar surface area (TPSA) is 85.5 Å². The number of hydrogen-bond acceptors (Lipinski definition) is 6. The number of esters is 1. The van der Waals surface area contributed by atoms with Crippen LogP contribution in [0.5, 0.6) is 5.75 Å². The largest absolute Gasteiger partial charge is 0.427 e. The Labute approximate surface area is 181 Å². The Morgan fingerprint density at radius 1 is 1.13 bits per heavy atom. The minimum atomic E-state index is -0.383. The highest BCUT2D eigenvalue weighted by atomic mass is 16.5. The van der Waals surface area contributed by atoms with Crippen LogP contribution in [0.25, 0.3) is 11.4 Å². The first-order valence-corrected chi connectivity index (χ1v) is 10.5. The quantitative estimate of drug-likeness (QED) is 0.413. The van der Waals surface area contributed by atoms with E-state index in [1.54, 1.807) is 29.2 Å². The van der Waals surface area contributed by atoms with Crippen molar-refractivity contribution in [3.63, 3.8) is 0 Å². The van der Waals surface area contributed by atoms with E-state index in [-0.39, 0.29) is 18.3 Å². The number of aromatic nitrogens is 2. The van der Waals surface area contributed by atoms with Crippen molar-refractivity contribution in [1.29, 1.82) is 0 Å². The molecule has 7 heteroatoms. The summed E-state index contributed by atoms with van der Waals surface area (Å²) in [5.41, 5.74) is 2.94. The molecule has 4 rings (SSSR count). The fourth-order valence-corrected chi connectivity index (χ4v) is 3.50. The van der Waals surface area contributed by atoms with E-state index < -0.39 is 0 Å². The number of carbonyl (C=O) groups excluding carboxylic acids is 2. The Morgan fingerprint density at radius 3 is 2.52 bits per heavy atom. The van der Waals surface area contributed by atoms with Crippen molar-refractivity contribution in [3.05, 3.63) is 60.0 Å². The fourth-order valence-electron chi connectivity index (χ4n) is 3.50. The van der Waals surface area contributed by atoms with E-state index in [0.29, 0.717) is 36.2 Å². The van der Waals surface area contributed by atoms with Gasteiger partial charge < -0.3 is 14.2 Å². The molecule has 1 amide bonds. The second-order valence-electron chi connectivity index (χ2n) is 7.91. The first-order valence-electron chi connectivity index (χ1n) is 10.5. The van der Waals surface area contributed by atoms with Gasteiger partial charge in [0.25, 0.3) is 0 Å². The summed E-state index contributed by atoms with van der Waals surface area (Å²) in [6, 6.07) is 15.0. The van der Waals surface area contributed by atoms with Gasteiger partial charge in [-0.3, -0.25) is 9.59 Å². The molecule has 2 aromatic carbocycles. The molecule has 1 saturated heterocycles. The minimum Gasteiger partial charge on any atom is -0.427 e. The third-order valence-electron chi connectivity index (χ3n) is 5.30. The Balaban J connectivity index is 1.29. The maximum absolute atomic E-state index is 12.2. The van der Waals surface area contributed by atoms with E-state index in [4.69, 9.17) is 9.26 Å². The Hall–Kier alpha value is -3.48. The van der Waals surface area contributed by atoms with E-state index in [9.17, 15) is 9.59 Å². The molecule has 31 heavy (non-hydrogen) atoms. The summed E-state index contributed by atoms with van der Waals surface area (Å²) in [5.74, 6) is 1.54. The number of rotatable bonds is 7. The van der Waals surface area contributed by atoms with Gasteiger partial charge >= 0.3 is 5.97 Å². The fraction of sp³-hybridized carbons (Fsp3) is 0.333. The molecule has 0 spiro atoms. The summed E-state index contributed by atoms with van der Waals surface area (Å²) in [4.78, 5) is 30.1. The van der Waals surface area contributed by atoms with Gasteiger partial charge in [-0.1, -0.05) is 43.3 Å². The summed E-state index contributed by atoms with van der Waals surface area (Å²) >= 11 is 0. The van der Waals surface area contributed by atoms with Crippen molar-refractivity contribution < 1.29 is 18.8 Å². The molecule has 2 heterocycles. The van der Waals surface area contributed by atoms with E-state index in [1.165, 1.54) is 5.56 Å². The molecule has 1 aliphatic heterocycles. The SMILES string of the molecule is CC(C)c1ccc(-c2noc(CCC(=O)Oc3ccc(N4CCCC4=O)cc3)n2)cc1. The van der Waals surface area contributed by atoms with Crippen molar-refractivity contribution in [3.8, 4) is 17.1 Å². The van der Waals surface area contributed by atoms with Crippen molar-refractivity contribution >= 4 is 17.6 Å². The lowest BCUT2D eigenvalue weighted by Crippen LogP contribution is -2.23. The molecular formula is C24H25N3O4. The van der Waals surface area contributed by atoms with Gasteiger partial charge in [0, 0.05) is 30.6 Å². The first kappa shape index (κ1) is 20.8. The van der Waals surface area contributed by atoms with Crippen molar-refractivity contribution in [2.24, 2.45) is 0 Å². The van der Waals surface area contributed by atoms with Gasteiger partial charge in [-0.05, 0) is 42.2 Å². The van der Waals surface area contributed by atoms with Crippen LogP contribution in [-0.4, -0.2) is 28.6 Å². The zero-order chi connectivity index (χ0) is 21.8. The molecule has 1 aliphatic rings. The molecule has 3 aromatic rings. The number of nitrogens with zero attached hydrogens (tertiary/aromatic N) is 3. The molecule has 0 N–H and O–H groups in total. The molecule has 0 radical (unpaired) electrons. The predicted molar refractivity (Wildman–Crippen MR) is 116 cm³/mol. The van der Waals surface area contributed by atoms with Gasteiger partial charge in [0.1, 0.15) is 5.75 Å². The number of aryl methyl sites for hydroxylation is 1.